The van der Waals surface area contributed by atoms with E-state index in [2.05, 4.69) is 5.32 Å². The molecule has 1 amide bonds. The van der Waals surface area contributed by atoms with Gasteiger partial charge in [-0.05, 0) is 34.6 Å². The van der Waals surface area contributed by atoms with Gasteiger partial charge in [-0.2, -0.15) is 0 Å². The first kappa shape index (κ1) is 19.2. The second-order valence-corrected chi connectivity index (χ2v) is 7.27. The van der Waals surface area contributed by atoms with Crippen LogP contribution < -0.4 is 5.32 Å². The second-order valence-electron chi connectivity index (χ2n) is 7.27. The molecule has 0 unspecified atom stereocenters. The Kier molecular flexibility index (Phi) is 7.52. The van der Waals surface area contributed by atoms with Crippen molar-refractivity contribution in [1.82, 2.24) is 10.2 Å². The number of carbonyl (C=O) groups excluding carboxylic acids is 1. The summed E-state index contributed by atoms with van der Waals surface area (Å²) < 4.78 is 5.40. The molecule has 0 aromatic heterocycles. The lowest BCUT2D eigenvalue weighted by atomic mass is 9.95. The van der Waals surface area contributed by atoms with Gasteiger partial charge in [-0.1, -0.05) is 13.8 Å². The van der Waals surface area contributed by atoms with Crippen LogP contribution in [-0.4, -0.2) is 54.0 Å². The number of nitrogens with one attached hydrogen (secondary N) is 1. The molecule has 0 atom stereocenters. The van der Waals surface area contributed by atoms with Crippen LogP contribution in [0.3, 0.4) is 0 Å². The van der Waals surface area contributed by atoms with Crippen molar-refractivity contribution in [2.75, 3.05) is 26.2 Å². The fourth-order valence-corrected chi connectivity index (χ4v) is 1.56. The zero-order valence-electron chi connectivity index (χ0n) is 14.1. The van der Waals surface area contributed by atoms with Crippen LogP contribution >= 0.6 is 0 Å². The van der Waals surface area contributed by atoms with Gasteiger partial charge in [0.15, 0.2) is 0 Å². The molecular weight excluding hydrogens is 256 g/mol. The van der Waals surface area contributed by atoms with Gasteiger partial charge in [-0.3, -0.25) is 0 Å². The van der Waals surface area contributed by atoms with Crippen LogP contribution in [0.4, 0.5) is 4.79 Å². The minimum absolute atomic E-state index is 0.0949. The number of hydrogen-bond donors (Lipinski definition) is 2. The molecule has 0 aliphatic rings. The van der Waals surface area contributed by atoms with Crippen LogP contribution in [-0.2, 0) is 4.74 Å². The van der Waals surface area contributed by atoms with Gasteiger partial charge in [0.05, 0.1) is 0 Å². The van der Waals surface area contributed by atoms with E-state index in [9.17, 15) is 9.90 Å². The number of carbonyl (C=O) groups is 1. The zero-order valence-corrected chi connectivity index (χ0v) is 14.1. The van der Waals surface area contributed by atoms with Crippen molar-refractivity contribution in [1.29, 1.82) is 0 Å². The van der Waals surface area contributed by atoms with E-state index in [0.717, 1.165) is 0 Å². The average Bonchev–Trinajstić information content (AvgIpc) is 2.25. The van der Waals surface area contributed by atoms with Gasteiger partial charge in [0.2, 0.25) is 0 Å². The van der Waals surface area contributed by atoms with E-state index in [1.54, 1.807) is 4.90 Å². The highest BCUT2D eigenvalue weighted by molar-refractivity contribution is 5.68. The van der Waals surface area contributed by atoms with Crippen LogP contribution in [0.5, 0.6) is 0 Å². The van der Waals surface area contributed by atoms with Gasteiger partial charge in [-0.15, -0.1) is 0 Å². The van der Waals surface area contributed by atoms with E-state index in [-0.39, 0.29) is 24.2 Å². The second kappa shape index (κ2) is 7.84. The molecule has 0 aliphatic heterocycles. The fourth-order valence-electron chi connectivity index (χ4n) is 1.56. The predicted octanol–water partition coefficient (Wildman–Crippen LogP) is 2.24. The molecule has 0 aliphatic carbocycles. The summed E-state index contributed by atoms with van der Waals surface area (Å²) in [6.45, 7) is 15.7. The standard InChI is InChI=1S/C15H32N2O3/c1-12(2)17(13(19)20-14(3,4)5)9-8-16-10-15(6,7)11-18/h12,16,18H,8-11H2,1-7H3. The van der Waals surface area contributed by atoms with Crippen LogP contribution in [0.15, 0.2) is 0 Å². The minimum atomic E-state index is -0.476. The summed E-state index contributed by atoms with van der Waals surface area (Å²) >= 11 is 0. The third-order valence-corrected chi connectivity index (χ3v) is 2.81. The number of aliphatic hydroxyl groups excluding tert-OH is 1. The van der Waals surface area contributed by atoms with Crippen molar-refractivity contribution >= 4 is 6.09 Å². The lowest BCUT2D eigenvalue weighted by Crippen LogP contribution is -2.45. The van der Waals surface area contributed by atoms with Gasteiger partial charge in [0.1, 0.15) is 5.60 Å². The van der Waals surface area contributed by atoms with Gasteiger partial charge >= 0.3 is 6.09 Å². The normalized spacial score (nSPS) is 12.7. The third kappa shape index (κ3) is 8.38. The van der Waals surface area contributed by atoms with Crippen molar-refractivity contribution in [2.45, 2.75) is 60.1 Å². The first-order chi connectivity index (χ1) is 8.98. The summed E-state index contributed by atoms with van der Waals surface area (Å²) in [6.07, 6.45) is -0.282. The average molecular weight is 288 g/mol. The first-order valence-electron chi connectivity index (χ1n) is 7.30. The molecule has 0 aromatic carbocycles. The summed E-state index contributed by atoms with van der Waals surface area (Å²) in [6, 6.07) is 0.0949. The van der Waals surface area contributed by atoms with Crippen molar-refractivity contribution in [3.63, 3.8) is 0 Å². The Labute approximate surface area is 123 Å². The molecule has 0 aromatic rings. The Balaban J connectivity index is 4.26. The topological polar surface area (TPSA) is 61.8 Å². The number of nitrogens with zero attached hydrogens (tertiary/aromatic N) is 1. The third-order valence-electron chi connectivity index (χ3n) is 2.81. The molecule has 20 heavy (non-hydrogen) atoms. The predicted molar refractivity (Wildman–Crippen MR) is 81.8 cm³/mol. The Hall–Kier alpha value is -0.810. The summed E-state index contributed by atoms with van der Waals surface area (Å²) in [5.74, 6) is 0. The molecule has 0 saturated heterocycles. The van der Waals surface area contributed by atoms with E-state index >= 15 is 0 Å². The lowest BCUT2D eigenvalue weighted by Gasteiger charge is -2.30. The molecule has 0 bridgehead atoms. The van der Waals surface area contributed by atoms with Crippen molar-refractivity contribution in [3.05, 3.63) is 0 Å². The Morgan fingerprint density at radius 1 is 1.25 bits per heavy atom. The summed E-state index contributed by atoms with van der Waals surface area (Å²) in [5, 5.41) is 12.5. The number of aliphatic hydroxyl groups is 1. The Bertz CT molecular complexity index is 296. The molecule has 0 radical (unpaired) electrons. The smallest absolute Gasteiger partial charge is 0.410 e. The highest BCUT2D eigenvalue weighted by Crippen LogP contribution is 2.12. The van der Waals surface area contributed by atoms with Crippen molar-refractivity contribution in [2.24, 2.45) is 5.41 Å². The summed E-state index contributed by atoms with van der Waals surface area (Å²) in [7, 11) is 0. The maximum Gasteiger partial charge on any atom is 0.410 e. The van der Waals surface area contributed by atoms with Gasteiger partial charge in [0, 0.05) is 37.7 Å². The van der Waals surface area contributed by atoms with Crippen molar-refractivity contribution < 1.29 is 14.6 Å². The van der Waals surface area contributed by atoms with E-state index < -0.39 is 5.60 Å². The molecular formula is C15H32N2O3. The Morgan fingerprint density at radius 2 is 1.80 bits per heavy atom. The van der Waals surface area contributed by atoms with E-state index in [0.29, 0.717) is 19.6 Å². The SMILES string of the molecule is CC(C)N(CCNCC(C)(C)CO)C(=O)OC(C)(C)C. The number of amides is 1. The molecule has 0 saturated carbocycles. The van der Waals surface area contributed by atoms with Crippen LogP contribution in [0.25, 0.3) is 0 Å². The monoisotopic (exact) mass is 288 g/mol. The quantitative estimate of drug-likeness (QED) is 0.705. The molecule has 5 heteroatoms. The largest absolute Gasteiger partial charge is 0.444 e. The van der Waals surface area contributed by atoms with E-state index in [4.69, 9.17) is 4.74 Å². The molecule has 0 fully saturated rings. The zero-order chi connectivity index (χ0) is 16.0. The summed E-state index contributed by atoms with van der Waals surface area (Å²) in [4.78, 5) is 13.8. The van der Waals surface area contributed by atoms with Crippen LogP contribution in [0.2, 0.25) is 0 Å². The molecule has 120 valence electrons. The fraction of sp³-hybridized carbons (Fsp3) is 0.933. The Morgan fingerprint density at radius 3 is 2.20 bits per heavy atom. The molecule has 0 heterocycles. The molecule has 5 nitrogen and oxygen atoms in total. The van der Waals surface area contributed by atoms with Gasteiger partial charge < -0.3 is 20.1 Å². The maximum absolute atomic E-state index is 12.1. The first-order valence-corrected chi connectivity index (χ1v) is 7.30. The number of hydrogen-bond acceptors (Lipinski definition) is 4. The van der Waals surface area contributed by atoms with Crippen LogP contribution in [0, 0.1) is 5.41 Å². The number of rotatable bonds is 7. The minimum Gasteiger partial charge on any atom is -0.444 e. The highest BCUT2D eigenvalue weighted by Gasteiger charge is 2.24. The lowest BCUT2D eigenvalue weighted by molar-refractivity contribution is 0.0192. The van der Waals surface area contributed by atoms with E-state index in [1.165, 1.54) is 0 Å². The molecule has 0 spiro atoms. The van der Waals surface area contributed by atoms with Gasteiger partial charge in [0.25, 0.3) is 0 Å². The highest BCUT2D eigenvalue weighted by atomic mass is 16.6. The molecule has 2 N–H and O–H groups in total. The van der Waals surface area contributed by atoms with Gasteiger partial charge in [-0.25, -0.2) is 4.79 Å². The van der Waals surface area contributed by atoms with Crippen LogP contribution in [0.1, 0.15) is 48.5 Å². The summed E-state index contributed by atoms with van der Waals surface area (Å²) in [5.41, 5.74) is -0.620. The van der Waals surface area contributed by atoms with E-state index in [1.807, 2.05) is 48.5 Å². The van der Waals surface area contributed by atoms with Crippen molar-refractivity contribution in [3.8, 4) is 0 Å². The maximum atomic E-state index is 12.1. The number of ether oxygens (including phenoxy) is 1. The molecule has 0 rings (SSSR count).